The Bertz CT molecular complexity index is 164. The van der Waals surface area contributed by atoms with Gasteiger partial charge in [-0.3, -0.25) is 4.79 Å². The van der Waals surface area contributed by atoms with Gasteiger partial charge in [0.1, 0.15) is 5.78 Å². The van der Waals surface area contributed by atoms with Crippen molar-refractivity contribution in [2.45, 2.75) is 53.4 Å². The number of carboxylic acids is 1. The smallest absolute Gasteiger partial charge is 0.306 e. The second kappa shape index (κ2) is 10.2. The fourth-order valence-electron chi connectivity index (χ4n) is 0.948. The minimum Gasteiger partial charge on any atom is -0.481 e. The second-order valence-electron chi connectivity index (χ2n) is 3.19. The molecule has 0 aliphatic rings. The molecule has 0 saturated heterocycles. The van der Waals surface area contributed by atoms with Gasteiger partial charge >= 0.3 is 5.97 Å². The molecule has 0 saturated carbocycles. The average Bonchev–Trinajstić information content (AvgIpc) is 2.15. The number of ketones is 1. The van der Waals surface area contributed by atoms with Crippen LogP contribution in [-0.2, 0) is 9.59 Å². The zero-order chi connectivity index (χ0) is 11.6. The van der Waals surface area contributed by atoms with Crippen molar-refractivity contribution in [3.63, 3.8) is 0 Å². The van der Waals surface area contributed by atoms with Crippen molar-refractivity contribution in [3.8, 4) is 0 Å². The molecule has 0 aliphatic carbocycles. The number of Topliss-reactive ketones (excluding diaryl/α,β-unsaturated/α-hetero) is 1. The summed E-state index contributed by atoms with van der Waals surface area (Å²) in [7, 11) is 0. The first-order valence-corrected chi connectivity index (χ1v) is 5.26. The molecule has 0 heterocycles. The molecule has 0 aromatic carbocycles. The van der Waals surface area contributed by atoms with Crippen molar-refractivity contribution in [2.24, 2.45) is 5.92 Å². The van der Waals surface area contributed by atoms with Crippen LogP contribution in [-0.4, -0.2) is 16.9 Å². The third-order valence-electron chi connectivity index (χ3n) is 1.84. The minimum atomic E-state index is -0.752. The zero-order valence-electron chi connectivity index (χ0n) is 9.67. The minimum absolute atomic E-state index is 0.179. The van der Waals surface area contributed by atoms with Gasteiger partial charge in [0.25, 0.3) is 0 Å². The van der Waals surface area contributed by atoms with Crippen molar-refractivity contribution in [2.75, 3.05) is 0 Å². The van der Waals surface area contributed by atoms with Crippen molar-refractivity contribution in [1.82, 2.24) is 0 Å². The van der Waals surface area contributed by atoms with Crippen molar-refractivity contribution >= 4 is 11.8 Å². The van der Waals surface area contributed by atoms with Crippen molar-refractivity contribution in [1.29, 1.82) is 0 Å². The van der Waals surface area contributed by atoms with Gasteiger partial charge in [-0.05, 0) is 19.8 Å². The van der Waals surface area contributed by atoms with Crippen molar-refractivity contribution < 1.29 is 14.7 Å². The fraction of sp³-hybridized carbons (Fsp3) is 0.818. The largest absolute Gasteiger partial charge is 0.481 e. The summed E-state index contributed by atoms with van der Waals surface area (Å²) in [6.45, 7) is 7.25. The molecule has 0 aliphatic heterocycles. The molecule has 1 N–H and O–H groups in total. The maximum absolute atomic E-state index is 10.5. The molecule has 0 fully saturated rings. The lowest BCUT2D eigenvalue weighted by atomic mass is 10.0. The Morgan fingerprint density at radius 1 is 1.21 bits per heavy atom. The van der Waals surface area contributed by atoms with Gasteiger partial charge in [0.05, 0.1) is 5.92 Å². The van der Waals surface area contributed by atoms with Gasteiger partial charge in [0.2, 0.25) is 0 Å². The molecule has 14 heavy (non-hydrogen) atoms. The van der Waals surface area contributed by atoms with E-state index in [1.165, 1.54) is 0 Å². The number of aliphatic carboxylic acids is 1. The second-order valence-corrected chi connectivity index (χ2v) is 3.19. The van der Waals surface area contributed by atoms with Crippen LogP contribution < -0.4 is 0 Å². The molecule has 0 bridgehead atoms. The summed E-state index contributed by atoms with van der Waals surface area (Å²) < 4.78 is 0. The fourth-order valence-corrected chi connectivity index (χ4v) is 0.948. The maximum atomic E-state index is 10.5. The number of rotatable bonds is 6. The molecule has 3 heteroatoms. The lowest BCUT2D eigenvalue weighted by molar-refractivity contribution is -0.141. The van der Waals surface area contributed by atoms with Gasteiger partial charge in [-0.15, -0.1) is 0 Å². The van der Waals surface area contributed by atoms with E-state index in [4.69, 9.17) is 5.11 Å². The third kappa shape index (κ3) is 11.1. The Balaban J connectivity index is 0. The number of carbonyl (C=O) groups excluding carboxylic acids is 1. The normalized spacial score (nSPS) is 11.1. The molecule has 0 unspecified atom stereocenters. The molecule has 84 valence electrons. The Kier molecular flexibility index (Phi) is 11.4. The van der Waals surface area contributed by atoms with Crippen LogP contribution in [0.1, 0.15) is 53.4 Å². The Morgan fingerprint density at radius 3 is 2.07 bits per heavy atom. The van der Waals surface area contributed by atoms with E-state index >= 15 is 0 Å². The lowest BCUT2D eigenvalue weighted by Crippen LogP contribution is -2.09. The highest BCUT2D eigenvalue weighted by Crippen LogP contribution is 2.09. The maximum Gasteiger partial charge on any atom is 0.306 e. The average molecular weight is 202 g/mol. The summed E-state index contributed by atoms with van der Waals surface area (Å²) in [6, 6.07) is 0. The first-order chi connectivity index (χ1) is 6.54. The number of unbranched alkanes of at least 4 members (excludes halogenated alkanes) is 1. The van der Waals surface area contributed by atoms with E-state index in [1.807, 2.05) is 13.8 Å². The van der Waals surface area contributed by atoms with E-state index in [0.717, 1.165) is 12.8 Å². The van der Waals surface area contributed by atoms with Gasteiger partial charge in [-0.1, -0.05) is 27.2 Å². The molecule has 3 nitrogen and oxygen atoms in total. The van der Waals surface area contributed by atoms with E-state index < -0.39 is 5.97 Å². The third-order valence-corrected chi connectivity index (χ3v) is 1.84. The molecular formula is C11H22O3. The highest BCUT2D eigenvalue weighted by Gasteiger charge is 2.09. The van der Waals surface area contributed by atoms with E-state index in [1.54, 1.807) is 13.8 Å². The summed E-state index contributed by atoms with van der Waals surface area (Å²) >= 11 is 0. The van der Waals surface area contributed by atoms with Gasteiger partial charge in [0, 0.05) is 6.42 Å². The quantitative estimate of drug-likeness (QED) is 0.674. The van der Waals surface area contributed by atoms with Crippen LogP contribution in [0, 0.1) is 5.92 Å². The summed E-state index contributed by atoms with van der Waals surface area (Å²) in [5.41, 5.74) is 0. The van der Waals surface area contributed by atoms with Gasteiger partial charge < -0.3 is 9.90 Å². The van der Waals surface area contributed by atoms with Crippen molar-refractivity contribution in [3.05, 3.63) is 0 Å². The standard InChI is InChI=1S/C9H16O3.C2H6/c1-7(9(11)12)5-3-4-6-8(2)10;1-2/h7H,3-6H2,1-2H3,(H,11,12);1-2H3/t7-;/m1./s1. The van der Waals surface area contributed by atoms with Crippen LogP contribution in [0.15, 0.2) is 0 Å². The topological polar surface area (TPSA) is 54.4 Å². The van der Waals surface area contributed by atoms with E-state index in [0.29, 0.717) is 12.8 Å². The van der Waals surface area contributed by atoms with Crippen LogP contribution in [0.25, 0.3) is 0 Å². The molecule has 0 amide bonds. The molecule has 1 atom stereocenters. The molecule has 0 aromatic rings. The van der Waals surface area contributed by atoms with E-state index in [9.17, 15) is 9.59 Å². The van der Waals surface area contributed by atoms with Crippen LogP contribution >= 0.6 is 0 Å². The molecule has 0 aromatic heterocycles. The molecule has 0 radical (unpaired) electrons. The lowest BCUT2D eigenvalue weighted by Gasteiger charge is -2.03. The van der Waals surface area contributed by atoms with Crippen LogP contribution in [0.2, 0.25) is 0 Å². The number of hydrogen-bond acceptors (Lipinski definition) is 2. The molecule has 0 rings (SSSR count). The van der Waals surface area contributed by atoms with Gasteiger partial charge in [0.15, 0.2) is 0 Å². The van der Waals surface area contributed by atoms with Crippen LogP contribution in [0.5, 0.6) is 0 Å². The zero-order valence-corrected chi connectivity index (χ0v) is 9.67. The summed E-state index contributed by atoms with van der Waals surface area (Å²) in [5, 5.41) is 8.52. The summed E-state index contributed by atoms with van der Waals surface area (Å²) in [6.07, 6.45) is 2.88. The van der Waals surface area contributed by atoms with Gasteiger partial charge in [-0.25, -0.2) is 0 Å². The number of carbonyl (C=O) groups is 2. The predicted molar refractivity (Wildman–Crippen MR) is 57.3 cm³/mol. The number of carboxylic acid groups (broad SMARTS) is 1. The van der Waals surface area contributed by atoms with Crippen LogP contribution in [0.4, 0.5) is 0 Å². The first-order valence-electron chi connectivity index (χ1n) is 5.26. The first kappa shape index (κ1) is 15.6. The molecular weight excluding hydrogens is 180 g/mol. The summed E-state index contributed by atoms with van der Waals surface area (Å²) in [4.78, 5) is 20.9. The SMILES string of the molecule is CC.CC(=O)CCCC[C@@H](C)C(=O)O. The highest BCUT2D eigenvalue weighted by atomic mass is 16.4. The highest BCUT2D eigenvalue weighted by molar-refractivity contribution is 5.75. The monoisotopic (exact) mass is 202 g/mol. The Labute approximate surface area is 86.5 Å². The van der Waals surface area contributed by atoms with E-state index in [-0.39, 0.29) is 11.7 Å². The Hall–Kier alpha value is -0.860. The summed E-state index contributed by atoms with van der Waals surface area (Å²) in [5.74, 6) is -0.854. The predicted octanol–water partition coefficient (Wildman–Crippen LogP) is 2.88. The van der Waals surface area contributed by atoms with E-state index in [2.05, 4.69) is 0 Å². The van der Waals surface area contributed by atoms with Crippen LogP contribution in [0.3, 0.4) is 0 Å². The number of hydrogen-bond donors (Lipinski definition) is 1. The Morgan fingerprint density at radius 2 is 1.71 bits per heavy atom. The molecule has 0 spiro atoms. The van der Waals surface area contributed by atoms with Gasteiger partial charge in [-0.2, -0.15) is 0 Å².